The Morgan fingerprint density at radius 3 is 1.39 bits per heavy atom. The van der Waals surface area contributed by atoms with Crippen LogP contribution in [-0.4, -0.2) is 46.2 Å². The first-order valence-electron chi connectivity index (χ1n) is 12.7. The molecule has 6 N–H and O–H groups in total. The highest BCUT2D eigenvalue weighted by Crippen LogP contribution is 2.26. The quantitative estimate of drug-likeness (QED) is 0.154. The van der Waals surface area contributed by atoms with E-state index in [1.807, 2.05) is 72.8 Å². The molecule has 230 valence electrons. The van der Waals surface area contributed by atoms with Crippen molar-refractivity contribution < 1.29 is 19.5 Å². The number of aliphatic hydroxyl groups is 1. The summed E-state index contributed by atoms with van der Waals surface area (Å²) in [5.74, 6) is -1.40. The molecule has 9 nitrogen and oxygen atoms in total. The first-order valence-corrected chi connectivity index (χ1v) is 12.7. The molecule has 1 heterocycles. The molecular weight excluding hydrogens is 580 g/mol. The fourth-order valence-electron chi connectivity index (χ4n) is 3.47. The largest absolute Gasteiger partial charge is 0.400 e. The topological polar surface area (TPSA) is 169 Å². The summed E-state index contributed by atoms with van der Waals surface area (Å²) in [5.41, 5.74) is 13.4. The minimum absolute atomic E-state index is 0. The number of H-pyrrole nitrogens is 1. The number of aromatic nitrogens is 2. The predicted octanol–water partition coefficient (Wildman–Crippen LogP) is 4.95. The number of carbonyl (C=O) groups is 3. The van der Waals surface area contributed by atoms with Gasteiger partial charge in [0.25, 0.3) is 5.56 Å². The molecule has 0 bridgehead atoms. The highest BCUT2D eigenvalue weighted by Gasteiger charge is 2.17. The van der Waals surface area contributed by atoms with Crippen molar-refractivity contribution >= 4 is 29.9 Å². The molecule has 0 atom stereocenters. The first kappa shape index (κ1) is 38.8. The lowest BCUT2D eigenvalue weighted by molar-refractivity contribution is -0.116. The lowest BCUT2D eigenvalue weighted by Crippen LogP contribution is -2.21. The van der Waals surface area contributed by atoms with Crippen molar-refractivity contribution in [2.75, 3.05) is 13.7 Å². The van der Waals surface area contributed by atoms with Crippen LogP contribution in [0.3, 0.4) is 0 Å². The Hall–Kier alpha value is -5.22. The zero-order chi connectivity index (χ0) is 30.7. The summed E-state index contributed by atoms with van der Waals surface area (Å²) in [4.78, 5) is 51.7. The van der Waals surface area contributed by atoms with Crippen LogP contribution in [-0.2, 0) is 4.79 Å². The molecule has 0 aliphatic carbocycles. The number of rotatable bonds is 6. The molecule has 0 aliphatic rings. The van der Waals surface area contributed by atoms with Crippen LogP contribution in [0.1, 0.15) is 28.1 Å². The molecule has 0 fully saturated rings. The van der Waals surface area contributed by atoms with E-state index in [9.17, 15) is 19.2 Å². The number of amides is 1. The van der Waals surface area contributed by atoms with Crippen LogP contribution in [0, 0.1) is 0 Å². The van der Waals surface area contributed by atoms with Crippen molar-refractivity contribution in [3.8, 4) is 22.5 Å². The SMILES string of the molecule is C.CO.Cl.NCC(N)=O.O=C(C(=O)c1ccccc1)c1ccccc1.O=c1cnc(-c2ccccc2)c(-c2ccccc2)[nH]1. The number of aromatic amines is 1. The molecular formula is C34H37ClN4O5. The number of halogens is 1. The number of benzene rings is 4. The Labute approximate surface area is 263 Å². The molecule has 1 aromatic heterocycles. The maximum absolute atomic E-state index is 11.8. The van der Waals surface area contributed by atoms with Gasteiger partial charge in [0.15, 0.2) is 0 Å². The number of aliphatic hydroxyl groups excluding tert-OH is 1. The summed E-state index contributed by atoms with van der Waals surface area (Å²) in [6.07, 6.45) is 1.31. The monoisotopic (exact) mass is 616 g/mol. The minimum Gasteiger partial charge on any atom is -0.400 e. The Morgan fingerprint density at radius 2 is 1.02 bits per heavy atom. The molecule has 0 unspecified atom stereocenters. The lowest BCUT2D eigenvalue weighted by Gasteiger charge is -2.08. The molecule has 0 aliphatic heterocycles. The molecule has 4 aromatic carbocycles. The van der Waals surface area contributed by atoms with E-state index in [1.54, 1.807) is 48.5 Å². The van der Waals surface area contributed by atoms with Gasteiger partial charge in [-0.3, -0.25) is 19.2 Å². The highest BCUT2D eigenvalue weighted by molar-refractivity contribution is 6.49. The van der Waals surface area contributed by atoms with Gasteiger partial charge in [-0.15, -0.1) is 12.4 Å². The zero-order valence-electron chi connectivity index (χ0n) is 23.4. The Bertz CT molecular complexity index is 1550. The molecule has 10 heteroatoms. The maximum Gasteiger partial charge on any atom is 0.266 e. The third kappa shape index (κ3) is 12.3. The van der Waals surface area contributed by atoms with E-state index in [1.165, 1.54) is 6.20 Å². The van der Waals surface area contributed by atoms with E-state index in [0.29, 0.717) is 11.1 Å². The summed E-state index contributed by atoms with van der Waals surface area (Å²) < 4.78 is 0. The number of Topliss-reactive ketones (excluding diaryl/α,β-unsaturated/α-hetero) is 2. The van der Waals surface area contributed by atoms with Crippen molar-refractivity contribution in [3.63, 3.8) is 0 Å². The van der Waals surface area contributed by atoms with Crippen LogP contribution in [0.15, 0.2) is 132 Å². The average molecular weight is 617 g/mol. The number of hydrogen-bond donors (Lipinski definition) is 4. The summed E-state index contributed by atoms with van der Waals surface area (Å²) in [5, 5.41) is 7.00. The van der Waals surface area contributed by atoms with Crippen molar-refractivity contribution in [1.82, 2.24) is 9.97 Å². The van der Waals surface area contributed by atoms with Gasteiger partial charge >= 0.3 is 0 Å². The lowest BCUT2D eigenvalue weighted by atomic mass is 10.0. The molecule has 0 saturated carbocycles. The second-order valence-corrected chi connectivity index (χ2v) is 8.26. The van der Waals surface area contributed by atoms with Gasteiger partial charge in [-0.05, 0) is 0 Å². The Kier molecular flexibility index (Phi) is 18.9. The number of nitrogens with two attached hydrogens (primary N) is 2. The van der Waals surface area contributed by atoms with Crippen LogP contribution >= 0.6 is 12.4 Å². The minimum atomic E-state index is -0.468. The zero-order valence-corrected chi connectivity index (χ0v) is 24.2. The van der Waals surface area contributed by atoms with Crippen molar-refractivity contribution in [2.24, 2.45) is 11.5 Å². The standard InChI is InChI=1S/C16H12N2O.C14H10O2.C2H6N2O.CH4O.CH4.ClH/c19-14-11-17-15(12-7-3-1-4-8-12)16(18-14)13-9-5-2-6-10-13;15-13(11-7-3-1-4-8-11)14(16)12-9-5-2-6-10-12;3-1-2(4)5;1-2;;/h1-11H,(H,18,19);1-10H;1,3H2,(H2,4,5);2H,1H3;1H4;1H. The van der Waals surface area contributed by atoms with Crippen LogP contribution in [0.5, 0.6) is 0 Å². The maximum atomic E-state index is 11.8. The van der Waals surface area contributed by atoms with Crippen molar-refractivity contribution in [2.45, 2.75) is 7.43 Å². The summed E-state index contributed by atoms with van der Waals surface area (Å²) in [6.45, 7) is -0.0556. The smallest absolute Gasteiger partial charge is 0.266 e. The molecule has 0 radical (unpaired) electrons. The summed E-state index contributed by atoms with van der Waals surface area (Å²) in [7, 11) is 1.00. The molecule has 1 amide bonds. The molecule has 5 aromatic rings. The number of nitrogens with one attached hydrogen (secondary N) is 1. The average Bonchev–Trinajstić information content (AvgIpc) is 3.07. The van der Waals surface area contributed by atoms with Crippen LogP contribution < -0.4 is 17.0 Å². The van der Waals surface area contributed by atoms with Gasteiger partial charge in [-0.2, -0.15) is 0 Å². The van der Waals surface area contributed by atoms with Gasteiger partial charge in [0.05, 0.1) is 24.1 Å². The van der Waals surface area contributed by atoms with Gasteiger partial charge in [-0.1, -0.05) is 129 Å². The van der Waals surface area contributed by atoms with Crippen molar-refractivity contribution in [1.29, 1.82) is 0 Å². The molecule has 5 rings (SSSR count). The van der Waals surface area contributed by atoms with Crippen LogP contribution in [0.25, 0.3) is 22.5 Å². The number of hydrogen-bond acceptors (Lipinski definition) is 7. The Morgan fingerprint density at radius 1 is 0.682 bits per heavy atom. The summed E-state index contributed by atoms with van der Waals surface area (Å²) >= 11 is 0. The number of ketones is 2. The third-order valence-corrected chi connectivity index (χ3v) is 5.38. The van der Waals surface area contributed by atoms with E-state index >= 15 is 0 Å². The van der Waals surface area contributed by atoms with Crippen LogP contribution in [0.4, 0.5) is 0 Å². The van der Waals surface area contributed by atoms with Gasteiger partial charge in [0, 0.05) is 29.4 Å². The fourth-order valence-corrected chi connectivity index (χ4v) is 3.47. The van der Waals surface area contributed by atoms with Gasteiger partial charge < -0.3 is 21.6 Å². The second-order valence-electron chi connectivity index (χ2n) is 8.26. The third-order valence-electron chi connectivity index (χ3n) is 5.38. The predicted molar refractivity (Wildman–Crippen MR) is 178 cm³/mol. The van der Waals surface area contributed by atoms with Gasteiger partial charge in [-0.25, -0.2) is 4.98 Å². The normalized spacial score (nSPS) is 8.98. The molecule has 0 saturated heterocycles. The summed E-state index contributed by atoms with van der Waals surface area (Å²) in [6, 6.07) is 36.7. The number of nitrogens with zero attached hydrogens (tertiary/aromatic N) is 1. The van der Waals surface area contributed by atoms with Gasteiger partial charge in [0.1, 0.15) is 0 Å². The van der Waals surface area contributed by atoms with E-state index in [0.717, 1.165) is 29.6 Å². The number of primary amides is 1. The number of carbonyl (C=O) groups excluding carboxylic acids is 3. The van der Waals surface area contributed by atoms with E-state index in [4.69, 9.17) is 10.8 Å². The van der Waals surface area contributed by atoms with E-state index in [2.05, 4.69) is 15.7 Å². The highest BCUT2D eigenvalue weighted by atomic mass is 35.5. The Balaban J connectivity index is 0.000000677. The van der Waals surface area contributed by atoms with Crippen molar-refractivity contribution in [3.05, 3.63) is 149 Å². The second kappa shape index (κ2) is 21.5. The van der Waals surface area contributed by atoms with Crippen LogP contribution in [0.2, 0.25) is 0 Å². The van der Waals surface area contributed by atoms with E-state index in [-0.39, 0.29) is 31.9 Å². The fraction of sp³-hybridized carbons (Fsp3) is 0.0882. The van der Waals surface area contributed by atoms with E-state index < -0.39 is 17.5 Å². The molecule has 44 heavy (non-hydrogen) atoms. The first-order chi connectivity index (χ1) is 20.4. The molecule has 0 spiro atoms. The van der Waals surface area contributed by atoms with Gasteiger partial charge in [0.2, 0.25) is 17.5 Å².